The van der Waals surface area contributed by atoms with Gasteiger partial charge in [0.05, 0.1) is 6.61 Å². The van der Waals surface area contributed by atoms with Gasteiger partial charge in [0.25, 0.3) is 0 Å². The molecule has 0 unspecified atom stereocenters. The number of ether oxygens (including phenoxy) is 3. The summed E-state index contributed by atoms with van der Waals surface area (Å²) in [7, 11) is 0. The van der Waals surface area contributed by atoms with Crippen LogP contribution in [0, 0.1) is 0 Å². The van der Waals surface area contributed by atoms with Crippen LogP contribution in [0.25, 0.3) is 0 Å². The summed E-state index contributed by atoms with van der Waals surface area (Å²) in [6.45, 7) is 0.400. The van der Waals surface area contributed by atoms with E-state index in [4.69, 9.17) is 0 Å². The lowest BCUT2D eigenvalue weighted by Crippen LogP contribution is -2.23. The zero-order valence-electron chi connectivity index (χ0n) is 9.81. The van der Waals surface area contributed by atoms with Crippen LogP contribution in [0.2, 0.25) is 0 Å². The summed E-state index contributed by atoms with van der Waals surface area (Å²) in [5, 5.41) is 0. The van der Waals surface area contributed by atoms with Crippen molar-refractivity contribution in [1.82, 2.24) is 0 Å². The van der Waals surface area contributed by atoms with Gasteiger partial charge >= 0.3 is 18.7 Å². The average molecular weight is 296 g/mol. The summed E-state index contributed by atoms with van der Waals surface area (Å²) >= 11 is 0. The molecule has 10 heteroatoms. The normalized spacial score (nSPS) is 12.0. The van der Waals surface area contributed by atoms with Gasteiger partial charge in [-0.25, -0.2) is 4.79 Å². The molecule has 0 saturated carbocycles. The smallest absolute Gasteiger partial charge is 0.457 e. The van der Waals surface area contributed by atoms with Crippen molar-refractivity contribution in [1.29, 1.82) is 0 Å². The molecule has 0 aromatic rings. The van der Waals surface area contributed by atoms with Gasteiger partial charge in [-0.2, -0.15) is 0 Å². The molecular formula is C9H10F6O4. The highest BCUT2D eigenvalue weighted by Crippen LogP contribution is 2.23. The number of hydrogen-bond acceptors (Lipinski definition) is 4. The largest absolute Gasteiger partial charge is 0.573 e. The maximum Gasteiger partial charge on any atom is 0.573 e. The molecule has 0 fully saturated rings. The van der Waals surface area contributed by atoms with Crippen molar-refractivity contribution in [3.05, 3.63) is 11.3 Å². The molecule has 0 aliphatic carbocycles. The van der Waals surface area contributed by atoms with Gasteiger partial charge in [0.2, 0.25) is 5.76 Å². The minimum Gasteiger partial charge on any atom is -0.457 e. The van der Waals surface area contributed by atoms with Gasteiger partial charge in [-0.05, 0) is 19.4 Å². The van der Waals surface area contributed by atoms with Crippen LogP contribution >= 0.6 is 0 Å². The molecule has 0 spiro atoms. The first-order valence-corrected chi connectivity index (χ1v) is 4.73. The summed E-state index contributed by atoms with van der Waals surface area (Å²) in [5.41, 5.74) is -0.140. The van der Waals surface area contributed by atoms with E-state index in [0.717, 1.165) is 13.8 Å². The van der Waals surface area contributed by atoms with Gasteiger partial charge in [0, 0.05) is 0 Å². The fourth-order valence-corrected chi connectivity index (χ4v) is 0.821. The molecule has 0 aliphatic heterocycles. The van der Waals surface area contributed by atoms with Crippen molar-refractivity contribution >= 4 is 5.97 Å². The third kappa shape index (κ3) is 9.17. The van der Waals surface area contributed by atoms with E-state index in [-0.39, 0.29) is 5.57 Å². The summed E-state index contributed by atoms with van der Waals surface area (Å²) in [4.78, 5) is 11.1. The molecule has 112 valence electrons. The Bertz CT molecular complexity index is 340. The molecule has 0 aliphatic rings. The molecule has 0 rings (SSSR count). The van der Waals surface area contributed by atoms with Crippen molar-refractivity contribution in [3.63, 3.8) is 0 Å². The Morgan fingerprint density at radius 1 is 0.947 bits per heavy atom. The number of alkyl halides is 6. The minimum absolute atomic E-state index is 0.140. The van der Waals surface area contributed by atoms with Crippen LogP contribution in [0.15, 0.2) is 11.3 Å². The first-order valence-electron chi connectivity index (χ1n) is 4.73. The minimum atomic E-state index is -5.10. The molecule has 0 atom stereocenters. The molecule has 0 heterocycles. The van der Waals surface area contributed by atoms with Crippen LogP contribution in [0.5, 0.6) is 0 Å². The Kier molecular flexibility index (Phi) is 6.13. The number of halogens is 6. The lowest BCUT2D eigenvalue weighted by atomic mass is 10.3. The highest BCUT2D eigenvalue weighted by atomic mass is 19.4. The van der Waals surface area contributed by atoms with Crippen molar-refractivity contribution in [2.75, 3.05) is 13.2 Å². The Hall–Kier alpha value is -1.45. The predicted octanol–water partition coefficient (Wildman–Crippen LogP) is 2.90. The Balaban J connectivity index is 4.34. The molecule has 19 heavy (non-hydrogen) atoms. The van der Waals surface area contributed by atoms with Crippen molar-refractivity contribution in [2.45, 2.75) is 26.6 Å². The van der Waals surface area contributed by atoms with E-state index in [1.807, 2.05) is 0 Å². The van der Waals surface area contributed by atoms with E-state index < -0.39 is 37.7 Å². The van der Waals surface area contributed by atoms with Gasteiger partial charge in [-0.1, -0.05) is 0 Å². The van der Waals surface area contributed by atoms with E-state index in [1.54, 1.807) is 0 Å². The second-order valence-corrected chi connectivity index (χ2v) is 3.31. The van der Waals surface area contributed by atoms with Gasteiger partial charge in [-0.3, -0.25) is 4.74 Å². The molecule has 4 nitrogen and oxygen atoms in total. The fourth-order valence-electron chi connectivity index (χ4n) is 0.821. The van der Waals surface area contributed by atoms with E-state index >= 15 is 0 Å². The predicted molar refractivity (Wildman–Crippen MR) is 48.5 cm³/mol. The molecule has 0 bridgehead atoms. The van der Waals surface area contributed by atoms with Crippen LogP contribution in [-0.4, -0.2) is 31.9 Å². The fraction of sp³-hybridized carbons (Fsp3) is 0.667. The van der Waals surface area contributed by atoms with Crippen molar-refractivity contribution in [3.8, 4) is 0 Å². The lowest BCUT2D eigenvalue weighted by molar-refractivity contribution is -0.326. The van der Waals surface area contributed by atoms with Gasteiger partial charge < -0.3 is 9.47 Å². The van der Waals surface area contributed by atoms with Crippen LogP contribution in [0.1, 0.15) is 13.8 Å². The molecule has 0 aromatic heterocycles. The van der Waals surface area contributed by atoms with E-state index in [9.17, 15) is 31.1 Å². The second-order valence-electron chi connectivity index (χ2n) is 3.31. The van der Waals surface area contributed by atoms with Crippen molar-refractivity contribution < 1.29 is 45.3 Å². The van der Waals surface area contributed by atoms with Gasteiger partial charge in [0.1, 0.15) is 6.61 Å². The van der Waals surface area contributed by atoms with Crippen LogP contribution in [-0.2, 0) is 19.0 Å². The molecule has 0 saturated heterocycles. The lowest BCUT2D eigenvalue weighted by Gasteiger charge is -2.13. The number of esters is 1. The van der Waals surface area contributed by atoms with E-state index in [1.165, 1.54) is 0 Å². The quantitative estimate of drug-likeness (QED) is 0.257. The van der Waals surface area contributed by atoms with E-state index in [2.05, 4.69) is 14.2 Å². The molecule has 0 aromatic carbocycles. The highest BCUT2D eigenvalue weighted by Gasteiger charge is 2.35. The van der Waals surface area contributed by atoms with Gasteiger partial charge in [0.15, 0.2) is 0 Å². The second kappa shape index (κ2) is 6.64. The SMILES string of the molecule is CC(C)=C(OC(F)(F)F)C(=O)OCCOC(F)(F)F. The van der Waals surface area contributed by atoms with E-state index in [0.29, 0.717) is 0 Å². The number of allylic oxidation sites excluding steroid dienone is 1. The first-order chi connectivity index (χ1) is 8.42. The summed E-state index contributed by atoms with van der Waals surface area (Å²) in [6.07, 6.45) is -10.0. The number of hydrogen-bond donors (Lipinski definition) is 0. The topological polar surface area (TPSA) is 44.8 Å². The molecule has 0 radical (unpaired) electrons. The summed E-state index contributed by atoms with van der Waals surface area (Å²) < 4.78 is 81.3. The Morgan fingerprint density at radius 3 is 1.84 bits per heavy atom. The number of rotatable bonds is 5. The summed E-state index contributed by atoms with van der Waals surface area (Å²) in [6, 6.07) is 0. The van der Waals surface area contributed by atoms with Crippen LogP contribution in [0.4, 0.5) is 26.3 Å². The zero-order chi connectivity index (χ0) is 15.3. The molecule has 0 N–H and O–H groups in total. The number of carbonyl (C=O) groups is 1. The Morgan fingerprint density at radius 2 is 1.47 bits per heavy atom. The molecular weight excluding hydrogens is 286 g/mol. The van der Waals surface area contributed by atoms with Crippen molar-refractivity contribution in [2.24, 2.45) is 0 Å². The third-order valence-electron chi connectivity index (χ3n) is 1.44. The number of carbonyl (C=O) groups excluding carboxylic acids is 1. The molecule has 0 amide bonds. The third-order valence-corrected chi connectivity index (χ3v) is 1.44. The average Bonchev–Trinajstić information content (AvgIpc) is 2.17. The maximum absolute atomic E-state index is 11.9. The Labute approximate surface area is 103 Å². The van der Waals surface area contributed by atoms with Crippen LogP contribution < -0.4 is 0 Å². The standard InChI is InChI=1S/C9H10F6O4/c1-5(2)6(19-9(13,14)15)7(16)17-3-4-18-8(10,11)12/h3-4H2,1-2H3. The van der Waals surface area contributed by atoms with Gasteiger partial charge in [-0.15, -0.1) is 26.3 Å². The monoisotopic (exact) mass is 296 g/mol. The van der Waals surface area contributed by atoms with Crippen LogP contribution in [0.3, 0.4) is 0 Å². The zero-order valence-corrected chi connectivity index (χ0v) is 9.81. The maximum atomic E-state index is 11.9. The first kappa shape index (κ1) is 17.6. The highest BCUT2D eigenvalue weighted by molar-refractivity contribution is 5.87. The summed E-state index contributed by atoms with van der Waals surface area (Å²) in [5.74, 6) is -2.65.